The van der Waals surface area contributed by atoms with Gasteiger partial charge in [-0.25, -0.2) is 4.98 Å². The van der Waals surface area contributed by atoms with E-state index in [1.54, 1.807) is 0 Å². The van der Waals surface area contributed by atoms with Crippen molar-refractivity contribution in [2.24, 2.45) is 0 Å². The lowest BCUT2D eigenvalue weighted by atomic mass is 9.88. The molecule has 3 nitrogen and oxygen atoms in total. The first-order chi connectivity index (χ1) is 7.43. The molecule has 0 fully saturated rings. The number of rotatable bonds is 4. The lowest BCUT2D eigenvalue weighted by molar-refractivity contribution is 0.211. The van der Waals surface area contributed by atoms with Crippen molar-refractivity contribution < 1.29 is 4.74 Å². The lowest BCUT2D eigenvalue weighted by Gasteiger charge is -2.20. The molecule has 0 aromatic carbocycles. The van der Waals surface area contributed by atoms with Gasteiger partial charge in [-0.1, -0.05) is 20.8 Å². The molecule has 0 unspecified atom stereocenters. The van der Waals surface area contributed by atoms with Gasteiger partial charge in [0.25, 0.3) is 0 Å². The standard InChI is InChI=1S/C13H22N2O/c1-10(9-14-5)16-12-8-11(6-7-15-12)13(2,3)4/h6-8,10,14H,9H2,1-5H3/t10-/m1/s1. The van der Waals surface area contributed by atoms with E-state index in [4.69, 9.17) is 4.74 Å². The van der Waals surface area contributed by atoms with Crippen LogP contribution in [0, 0.1) is 0 Å². The van der Waals surface area contributed by atoms with E-state index < -0.39 is 0 Å². The van der Waals surface area contributed by atoms with Gasteiger partial charge >= 0.3 is 0 Å². The van der Waals surface area contributed by atoms with Crippen LogP contribution in [0.2, 0.25) is 0 Å². The molecule has 90 valence electrons. The number of pyridine rings is 1. The molecule has 0 aliphatic carbocycles. The first-order valence-corrected chi connectivity index (χ1v) is 5.71. The van der Waals surface area contributed by atoms with Crippen LogP contribution in [-0.4, -0.2) is 24.7 Å². The zero-order valence-corrected chi connectivity index (χ0v) is 10.9. The maximum Gasteiger partial charge on any atom is 0.213 e. The Balaban J connectivity index is 2.75. The topological polar surface area (TPSA) is 34.1 Å². The van der Waals surface area contributed by atoms with Crippen molar-refractivity contribution in [3.63, 3.8) is 0 Å². The molecule has 0 spiro atoms. The second kappa shape index (κ2) is 5.30. The Labute approximate surface area is 98.2 Å². The maximum atomic E-state index is 5.72. The van der Waals surface area contributed by atoms with Crippen LogP contribution in [0.5, 0.6) is 5.88 Å². The molecule has 3 heteroatoms. The molecule has 1 heterocycles. The molecule has 0 saturated heterocycles. The van der Waals surface area contributed by atoms with Crippen LogP contribution in [-0.2, 0) is 5.41 Å². The van der Waals surface area contributed by atoms with Crippen LogP contribution in [0.25, 0.3) is 0 Å². The predicted molar refractivity (Wildman–Crippen MR) is 67.0 cm³/mol. The maximum absolute atomic E-state index is 5.72. The second-order valence-corrected chi connectivity index (χ2v) is 5.12. The first kappa shape index (κ1) is 13.0. The molecule has 1 atom stereocenters. The summed E-state index contributed by atoms with van der Waals surface area (Å²) in [5.41, 5.74) is 1.38. The van der Waals surface area contributed by atoms with Gasteiger partial charge in [0.05, 0.1) is 0 Å². The number of nitrogens with zero attached hydrogens (tertiary/aromatic N) is 1. The van der Waals surface area contributed by atoms with Crippen molar-refractivity contribution in [3.8, 4) is 5.88 Å². The normalized spacial score (nSPS) is 13.6. The Morgan fingerprint density at radius 2 is 2.12 bits per heavy atom. The molecule has 0 radical (unpaired) electrons. The van der Waals surface area contributed by atoms with Crippen molar-refractivity contribution in [1.29, 1.82) is 0 Å². The number of likely N-dealkylation sites (N-methyl/N-ethyl adjacent to an activating group) is 1. The minimum atomic E-state index is 0.132. The number of ether oxygens (including phenoxy) is 1. The summed E-state index contributed by atoms with van der Waals surface area (Å²) >= 11 is 0. The number of nitrogens with one attached hydrogen (secondary N) is 1. The first-order valence-electron chi connectivity index (χ1n) is 5.71. The third-order valence-corrected chi connectivity index (χ3v) is 2.41. The quantitative estimate of drug-likeness (QED) is 0.849. The third kappa shape index (κ3) is 3.81. The van der Waals surface area contributed by atoms with Crippen LogP contribution in [0.15, 0.2) is 18.3 Å². The van der Waals surface area contributed by atoms with Gasteiger partial charge < -0.3 is 10.1 Å². The van der Waals surface area contributed by atoms with Crippen LogP contribution in [0.4, 0.5) is 0 Å². The smallest absolute Gasteiger partial charge is 0.213 e. The predicted octanol–water partition coefficient (Wildman–Crippen LogP) is 2.37. The van der Waals surface area contributed by atoms with E-state index in [1.807, 2.05) is 32.3 Å². The lowest BCUT2D eigenvalue weighted by Crippen LogP contribution is -2.26. The fourth-order valence-corrected chi connectivity index (χ4v) is 1.48. The molecular formula is C13H22N2O. The number of aromatic nitrogens is 1. The van der Waals surface area contributed by atoms with Crippen LogP contribution in [0.3, 0.4) is 0 Å². The highest BCUT2D eigenvalue weighted by molar-refractivity contribution is 5.26. The SMILES string of the molecule is CNC[C@@H](C)Oc1cc(C(C)(C)C)ccn1. The summed E-state index contributed by atoms with van der Waals surface area (Å²) in [6, 6.07) is 4.06. The highest BCUT2D eigenvalue weighted by atomic mass is 16.5. The summed E-state index contributed by atoms with van der Waals surface area (Å²) in [6.45, 7) is 9.40. The summed E-state index contributed by atoms with van der Waals surface area (Å²) in [6.07, 6.45) is 1.94. The van der Waals surface area contributed by atoms with Gasteiger partial charge in [0.2, 0.25) is 5.88 Å². The van der Waals surface area contributed by atoms with Gasteiger partial charge in [0.15, 0.2) is 0 Å². The van der Waals surface area contributed by atoms with Gasteiger partial charge in [-0.3, -0.25) is 0 Å². The van der Waals surface area contributed by atoms with Crippen LogP contribution >= 0.6 is 0 Å². The number of hydrogen-bond acceptors (Lipinski definition) is 3. The van der Waals surface area contributed by atoms with Gasteiger partial charge in [-0.05, 0) is 31.0 Å². The van der Waals surface area contributed by atoms with E-state index in [1.165, 1.54) is 5.56 Å². The fraction of sp³-hybridized carbons (Fsp3) is 0.615. The molecule has 1 aromatic rings. The Morgan fingerprint density at radius 3 is 2.69 bits per heavy atom. The second-order valence-electron chi connectivity index (χ2n) is 5.12. The molecule has 0 aliphatic rings. The molecule has 1 aromatic heterocycles. The summed E-state index contributed by atoms with van der Waals surface area (Å²) in [5.74, 6) is 0.704. The van der Waals surface area contributed by atoms with E-state index >= 15 is 0 Å². The molecule has 0 bridgehead atoms. The Hall–Kier alpha value is -1.09. The average molecular weight is 222 g/mol. The monoisotopic (exact) mass is 222 g/mol. The summed E-state index contributed by atoms with van der Waals surface area (Å²) in [5, 5.41) is 3.08. The molecule has 0 amide bonds. The van der Waals surface area contributed by atoms with Gasteiger partial charge in [-0.15, -0.1) is 0 Å². The van der Waals surface area contributed by atoms with Gasteiger partial charge in [0.1, 0.15) is 6.10 Å². The zero-order valence-electron chi connectivity index (χ0n) is 10.9. The van der Waals surface area contributed by atoms with Crippen molar-refractivity contribution in [2.75, 3.05) is 13.6 Å². The average Bonchev–Trinajstić information content (AvgIpc) is 2.17. The summed E-state index contributed by atoms with van der Waals surface area (Å²) in [4.78, 5) is 4.23. The van der Waals surface area contributed by atoms with Crippen molar-refractivity contribution >= 4 is 0 Å². The van der Waals surface area contributed by atoms with E-state index in [0.717, 1.165) is 6.54 Å². The minimum absolute atomic E-state index is 0.132. The molecule has 0 saturated carbocycles. The van der Waals surface area contributed by atoms with Crippen LogP contribution in [0.1, 0.15) is 33.3 Å². The molecular weight excluding hydrogens is 200 g/mol. The Morgan fingerprint density at radius 1 is 1.44 bits per heavy atom. The molecule has 0 aliphatic heterocycles. The highest BCUT2D eigenvalue weighted by Gasteiger charge is 2.15. The molecule has 16 heavy (non-hydrogen) atoms. The zero-order chi connectivity index (χ0) is 12.2. The third-order valence-electron chi connectivity index (χ3n) is 2.41. The molecule has 1 rings (SSSR count). The highest BCUT2D eigenvalue weighted by Crippen LogP contribution is 2.24. The fourth-order valence-electron chi connectivity index (χ4n) is 1.48. The number of hydrogen-bond donors (Lipinski definition) is 1. The van der Waals surface area contributed by atoms with Crippen molar-refractivity contribution in [1.82, 2.24) is 10.3 Å². The van der Waals surface area contributed by atoms with Crippen LogP contribution < -0.4 is 10.1 Å². The Kier molecular flexibility index (Phi) is 4.30. The van der Waals surface area contributed by atoms with Crippen molar-refractivity contribution in [2.45, 2.75) is 39.2 Å². The van der Waals surface area contributed by atoms with Gasteiger partial charge in [0, 0.05) is 18.8 Å². The summed E-state index contributed by atoms with van der Waals surface area (Å²) < 4.78 is 5.72. The van der Waals surface area contributed by atoms with E-state index in [9.17, 15) is 0 Å². The van der Waals surface area contributed by atoms with Gasteiger partial charge in [-0.2, -0.15) is 0 Å². The largest absolute Gasteiger partial charge is 0.473 e. The van der Waals surface area contributed by atoms with E-state index in [0.29, 0.717) is 5.88 Å². The van der Waals surface area contributed by atoms with E-state index in [2.05, 4.69) is 31.1 Å². The van der Waals surface area contributed by atoms with E-state index in [-0.39, 0.29) is 11.5 Å². The summed E-state index contributed by atoms with van der Waals surface area (Å²) in [7, 11) is 1.92. The Bertz CT molecular complexity index is 331. The van der Waals surface area contributed by atoms with Crippen molar-refractivity contribution in [3.05, 3.63) is 23.9 Å². The molecule has 1 N–H and O–H groups in total. The minimum Gasteiger partial charge on any atom is -0.473 e.